The monoisotopic (exact) mass is 418 g/mol. The summed E-state index contributed by atoms with van der Waals surface area (Å²) in [6, 6.07) is 26.2. The minimum atomic E-state index is -0.594. The molecule has 0 heterocycles. The van der Waals surface area contributed by atoms with E-state index in [4.69, 9.17) is 14.2 Å². The highest BCUT2D eigenvalue weighted by Gasteiger charge is 2.24. The Bertz CT molecular complexity index is 969. The molecule has 0 amide bonds. The van der Waals surface area contributed by atoms with Crippen LogP contribution in [0.25, 0.3) is 0 Å². The van der Waals surface area contributed by atoms with Crippen molar-refractivity contribution in [3.8, 4) is 5.75 Å². The van der Waals surface area contributed by atoms with Gasteiger partial charge in [-0.2, -0.15) is 0 Å². The highest BCUT2D eigenvalue weighted by atomic mass is 16.5. The summed E-state index contributed by atoms with van der Waals surface area (Å²) >= 11 is 0. The molecule has 0 radical (unpaired) electrons. The Labute approximate surface area is 182 Å². The Morgan fingerprint density at radius 1 is 0.774 bits per heavy atom. The van der Waals surface area contributed by atoms with E-state index in [-0.39, 0.29) is 38.0 Å². The van der Waals surface area contributed by atoms with Gasteiger partial charge in [0.2, 0.25) is 0 Å². The van der Waals surface area contributed by atoms with E-state index in [2.05, 4.69) is 0 Å². The molecule has 0 aliphatic rings. The second kappa shape index (κ2) is 11.6. The van der Waals surface area contributed by atoms with Gasteiger partial charge in [-0.3, -0.25) is 9.59 Å². The molecule has 5 nitrogen and oxygen atoms in total. The molecule has 0 aliphatic carbocycles. The summed E-state index contributed by atoms with van der Waals surface area (Å²) in [6.07, 6.45) is 0.392. The van der Waals surface area contributed by atoms with Crippen LogP contribution in [0.4, 0.5) is 0 Å². The average molecular weight is 418 g/mol. The number of carbonyl (C=O) groups is 2. The quantitative estimate of drug-likeness (QED) is 0.432. The van der Waals surface area contributed by atoms with Gasteiger partial charge in [0.15, 0.2) is 0 Å². The van der Waals surface area contributed by atoms with Gasteiger partial charge >= 0.3 is 11.9 Å². The van der Waals surface area contributed by atoms with Crippen molar-refractivity contribution in [2.45, 2.75) is 32.0 Å². The first-order chi connectivity index (χ1) is 15.2. The largest absolute Gasteiger partial charge is 0.497 e. The fourth-order valence-corrected chi connectivity index (χ4v) is 3.18. The van der Waals surface area contributed by atoms with Crippen LogP contribution in [-0.4, -0.2) is 19.0 Å². The number of ether oxygens (including phenoxy) is 3. The molecule has 31 heavy (non-hydrogen) atoms. The van der Waals surface area contributed by atoms with Crippen molar-refractivity contribution < 1.29 is 23.8 Å². The molecule has 1 atom stereocenters. The zero-order valence-corrected chi connectivity index (χ0v) is 17.5. The van der Waals surface area contributed by atoms with Gasteiger partial charge in [-0.15, -0.1) is 0 Å². The molecular weight excluding hydrogens is 392 g/mol. The standard InChI is InChI=1S/C26H26O5/c1-29-23-14-8-13-22(17-23)24(26(28)31-19-21-11-6-3-7-12-21)15-16-25(27)30-18-20-9-4-2-5-10-20/h2-14,17,24H,15-16,18-19H2,1H3/t24-/m0/s1. The lowest BCUT2D eigenvalue weighted by Crippen LogP contribution is -2.18. The molecule has 3 rings (SSSR count). The third kappa shape index (κ3) is 7.00. The van der Waals surface area contributed by atoms with Crippen molar-refractivity contribution in [2.24, 2.45) is 0 Å². The molecule has 0 fully saturated rings. The predicted octanol–water partition coefficient (Wildman–Crippen LogP) is 5.05. The van der Waals surface area contributed by atoms with Gasteiger partial charge in [-0.1, -0.05) is 72.8 Å². The average Bonchev–Trinajstić information content (AvgIpc) is 2.83. The molecule has 0 bridgehead atoms. The lowest BCUT2D eigenvalue weighted by atomic mass is 9.94. The molecule has 0 unspecified atom stereocenters. The summed E-state index contributed by atoms with van der Waals surface area (Å²) in [6.45, 7) is 0.389. The Morgan fingerprint density at radius 3 is 2.00 bits per heavy atom. The van der Waals surface area contributed by atoms with E-state index in [1.54, 1.807) is 13.2 Å². The molecule has 3 aromatic carbocycles. The van der Waals surface area contributed by atoms with Gasteiger partial charge in [-0.25, -0.2) is 0 Å². The highest BCUT2D eigenvalue weighted by Crippen LogP contribution is 2.27. The number of esters is 2. The maximum Gasteiger partial charge on any atom is 0.313 e. The Kier molecular flexibility index (Phi) is 8.23. The topological polar surface area (TPSA) is 61.8 Å². The molecule has 0 N–H and O–H groups in total. The van der Waals surface area contributed by atoms with Crippen LogP contribution >= 0.6 is 0 Å². The highest BCUT2D eigenvalue weighted by molar-refractivity contribution is 5.79. The van der Waals surface area contributed by atoms with Crippen LogP contribution in [0.2, 0.25) is 0 Å². The van der Waals surface area contributed by atoms with Crippen LogP contribution in [0.3, 0.4) is 0 Å². The van der Waals surface area contributed by atoms with E-state index in [9.17, 15) is 9.59 Å². The summed E-state index contributed by atoms with van der Waals surface area (Å²) in [5, 5.41) is 0. The molecule has 3 aromatic rings. The Balaban J connectivity index is 1.63. The number of carbonyl (C=O) groups excluding carboxylic acids is 2. The summed E-state index contributed by atoms with van der Waals surface area (Å²) in [5.74, 6) is -0.686. The first-order valence-corrected chi connectivity index (χ1v) is 10.2. The van der Waals surface area contributed by atoms with Crippen LogP contribution in [0.5, 0.6) is 5.75 Å². The maximum atomic E-state index is 12.9. The molecule has 0 aliphatic heterocycles. The van der Waals surface area contributed by atoms with Crippen molar-refractivity contribution in [1.29, 1.82) is 0 Å². The van der Waals surface area contributed by atoms with Gasteiger partial charge in [0, 0.05) is 6.42 Å². The van der Waals surface area contributed by atoms with Gasteiger partial charge < -0.3 is 14.2 Å². The summed E-state index contributed by atoms with van der Waals surface area (Å²) in [4.78, 5) is 25.2. The Morgan fingerprint density at radius 2 is 1.39 bits per heavy atom. The summed E-state index contributed by atoms with van der Waals surface area (Å²) in [5.41, 5.74) is 2.57. The second-order valence-electron chi connectivity index (χ2n) is 7.11. The van der Waals surface area contributed by atoms with E-state index in [1.807, 2.05) is 78.9 Å². The van der Waals surface area contributed by atoms with E-state index in [0.29, 0.717) is 5.75 Å². The van der Waals surface area contributed by atoms with Crippen LogP contribution < -0.4 is 4.74 Å². The van der Waals surface area contributed by atoms with Gasteiger partial charge in [0.25, 0.3) is 0 Å². The van der Waals surface area contributed by atoms with Crippen molar-refractivity contribution in [1.82, 2.24) is 0 Å². The van der Waals surface area contributed by atoms with Crippen LogP contribution in [-0.2, 0) is 32.3 Å². The minimum Gasteiger partial charge on any atom is -0.497 e. The fraction of sp³-hybridized carbons (Fsp3) is 0.231. The number of hydrogen-bond acceptors (Lipinski definition) is 5. The summed E-state index contributed by atoms with van der Waals surface area (Å²) < 4.78 is 16.2. The van der Waals surface area contributed by atoms with Gasteiger partial charge in [0.1, 0.15) is 19.0 Å². The Hall–Kier alpha value is -3.60. The van der Waals surface area contributed by atoms with Crippen LogP contribution in [0.1, 0.15) is 35.4 Å². The van der Waals surface area contributed by atoms with Crippen molar-refractivity contribution in [3.05, 3.63) is 102 Å². The maximum absolute atomic E-state index is 12.9. The van der Waals surface area contributed by atoms with Crippen LogP contribution in [0, 0.1) is 0 Å². The molecule has 0 saturated carbocycles. The smallest absolute Gasteiger partial charge is 0.313 e. The summed E-state index contributed by atoms with van der Waals surface area (Å²) in [7, 11) is 1.57. The number of methoxy groups -OCH3 is 1. The van der Waals surface area contributed by atoms with E-state index >= 15 is 0 Å². The molecule has 160 valence electrons. The second-order valence-corrected chi connectivity index (χ2v) is 7.11. The number of rotatable bonds is 10. The molecule has 0 aromatic heterocycles. The minimum absolute atomic E-state index is 0.106. The first kappa shape index (κ1) is 22.1. The van der Waals surface area contributed by atoms with Crippen molar-refractivity contribution in [2.75, 3.05) is 7.11 Å². The third-order valence-electron chi connectivity index (χ3n) is 4.88. The van der Waals surface area contributed by atoms with Crippen molar-refractivity contribution in [3.63, 3.8) is 0 Å². The first-order valence-electron chi connectivity index (χ1n) is 10.2. The lowest BCUT2D eigenvalue weighted by Gasteiger charge is -2.17. The zero-order valence-electron chi connectivity index (χ0n) is 17.5. The van der Waals surface area contributed by atoms with Crippen molar-refractivity contribution >= 4 is 11.9 Å². The van der Waals surface area contributed by atoms with Gasteiger partial charge in [0.05, 0.1) is 13.0 Å². The number of benzene rings is 3. The molecule has 0 spiro atoms. The SMILES string of the molecule is COc1cccc([C@H](CCC(=O)OCc2ccccc2)C(=O)OCc2ccccc2)c1. The van der Waals surface area contributed by atoms with E-state index in [0.717, 1.165) is 16.7 Å². The van der Waals surface area contributed by atoms with E-state index < -0.39 is 5.92 Å². The zero-order chi connectivity index (χ0) is 21.9. The predicted molar refractivity (Wildman–Crippen MR) is 117 cm³/mol. The molecular formula is C26H26O5. The number of hydrogen-bond donors (Lipinski definition) is 0. The van der Waals surface area contributed by atoms with Crippen LogP contribution in [0.15, 0.2) is 84.9 Å². The molecule has 0 saturated heterocycles. The van der Waals surface area contributed by atoms with Gasteiger partial charge in [-0.05, 0) is 35.2 Å². The fourth-order valence-electron chi connectivity index (χ4n) is 3.18. The third-order valence-corrected chi connectivity index (χ3v) is 4.88. The normalized spacial score (nSPS) is 11.4. The van der Waals surface area contributed by atoms with E-state index in [1.165, 1.54) is 0 Å². The lowest BCUT2D eigenvalue weighted by molar-refractivity contribution is -0.148. The molecule has 5 heteroatoms.